The van der Waals surface area contributed by atoms with Gasteiger partial charge in [0.15, 0.2) is 21.5 Å². The van der Waals surface area contributed by atoms with E-state index in [4.69, 9.17) is 52.1 Å². The minimum atomic E-state index is -3.30. The van der Waals surface area contributed by atoms with E-state index in [1.54, 1.807) is 42.9 Å². The fourth-order valence-corrected chi connectivity index (χ4v) is 5.27. The van der Waals surface area contributed by atoms with Crippen LogP contribution in [-0.2, 0) is 15.6 Å². The standard InChI is InChI=1S/C14H11Cl2N5O2S.C12H8Cl2N6/c1-24(22,23)7-8-10(2-3-11-12(8)18-5-4-17-11)20-13-9(15)6-19-14(16)21-13;13-6-5-18-12(14)20-11(6)19-7-1-2-8-10(9(7)15)17-4-3-16-8/h2-6H,7H2,1H3,(H,19,20,21);1-5H,15H2,(H,18,19,20). The van der Waals surface area contributed by atoms with Crippen LogP contribution in [0.5, 0.6) is 0 Å². The number of anilines is 5. The van der Waals surface area contributed by atoms with E-state index in [0.29, 0.717) is 55.5 Å². The average Bonchev–Trinajstić information content (AvgIpc) is 2.99. The van der Waals surface area contributed by atoms with E-state index in [2.05, 4.69) is 50.5 Å². The van der Waals surface area contributed by atoms with Crippen LogP contribution < -0.4 is 16.4 Å². The second kappa shape index (κ2) is 13.2. The number of aromatic nitrogens is 8. The Bertz CT molecular complexity index is 2120. The molecular weight excluding hydrogens is 672 g/mol. The maximum absolute atomic E-state index is 11.8. The number of sulfone groups is 1. The van der Waals surface area contributed by atoms with Gasteiger partial charge in [0.2, 0.25) is 10.6 Å². The Balaban J connectivity index is 0.000000177. The number of fused-ring (bicyclic) bond motifs is 2. The van der Waals surface area contributed by atoms with Gasteiger partial charge < -0.3 is 16.4 Å². The van der Waals surface area contributed by atoms with E-state index < -0.39 is 9.84 Å². The molecule has 6 aromatic rings. The van der Waals surface area contributed by atoms with Gasteiger partial charge in [-0.25, -0.2) is 18.4 Å². The minimum absolute atomic E-state index is 0.0205. The molecule has 0 fully saturated rings. The van der Waals surface area contributed by atoms with Crippen molar-refractivity contribution in [1.29, 1.82) is 0 Å². The number of hydrogen-bond acceptors (Lipinski definition) is 13. The third kappa shape index (κ3) is 7.46. The predicted octanol–water partition coefficient (Wildman–Crippen LogP) is 6.07. The largest absolute Gasteiger partial charge is 0.395 e. The number of rotatable bonds is 6. The molecule has 0 aliphatic carbocycles. The maximum Gasteiger partial charge on any atom is 0.224 e. The Kier molecular flexibility index (Phi) is 9.36. The second-order valence-electron chi connectivity index (χ2n) is 8.96. The molecule has 4 heterocycles. The Labute approximate surface area is 270 Å². The Hall–Kier alpha value is -4.21. The van der Waals surface area contributed by atoms with Crippen molar-refractivity contribution in [3.63, 3.8) is 0 Å². The molecule has 4 N–H and O–H groups in total. The van der Waals surface area contributed by atoms with E-state index in [-0.39, 0.29) is 27.2 Å². The first-order valence-corrected chi connectivity index (χ1v) is 15.9. The third-order valence-corrected chi connectivity index (χ3v) is 7.50. The molecule has 0 atom stereocenters. The molecule has 0 bridgehead atoms. The smallest absolute Gasteiger partial charge is 0.224 e. The van der Waals surface area contributed by atoms with E-state index in [0.717, 1.165) is 6.26 Å². The van der Waals surface area contributed by atoms with Crippen LogP contribution >= 0.6 is 46.4 Å². The van der Waals surface area contributed by atoms with Crippen LogP contribution in [0.1, 0.15) is 5.56 Å². The molecule has 0 saturated heterocycles. The van der Waals surface area contributed by atoms with Crippen LogP contribution in [-0.4, -0.2) is 54.5 Å². The second-order valence-corrected chi connectivity index (χ2v) is 12.6. The first kappa shape index (κ1) is 31.2. The summed E-state index contributed by atoms with van der Waals surface area (Å²) in [7, 11) is -3.30. The molecule has 0 saturated carbocycles. The third-order valence-electron chi connectivity index (χ3n) is 5.77. The predicted molar refractivity (Wildman–Crippen MR) is 173 cm³/mol. The van der Waals surface area contributed by atoms with E-state index in [9.17, 15) is 8.42 Å². The summed E-state index contributed by atoms with van der Waals surface area (Å²) in [6.45, 7) is 0. The number of nitrogens with zero attached hydrogens (tertiary/aromatic N) is 8. The average molecular weight is 691 g/mol. The van der Waals surface area contributed by atoms with Crippen LogP contribution in [0.2, 0.25) is 20.6 Å². The highest BCUT2D eigenvalue weighted by Crippen LogP contribution is 2.32. The highest BCUT2D eigenvalue weighted by molar-refractivity contribution is 7.89. The lowest BCUT2D eigenvalue weighted by Crippen LogP contribution is -2.07. The molecule has 2 aromatic carbocycles. The van der Waals surface area contributed by atoms with Gasteiger partial charge in [-0.05, 0) is 47.5 Å². The number of hydrogen-bond donors (Lipinski definition) is 3. The van der Waals surface area contributed by atoms with Gasteiger partial charge in [0.05, 0.1) is 46.1 Å². The molecule has 18 heteroatoms. The molecule has 6 rings (SSSR count). The van der Waals surface area contributed by atoms with Crippen molar-refractivity contribution in [2.45, 2.75) is 5.75 Å². The van der Waals surface area contributed by atoms with Gasteiger partial charge in [-0.2, -0.15) is 9.97 Å². The fourth-order valence-electron chi connectivity index (χ4n) is 3.91. The van der Waals surface area contributed by atoms with Crippen molar-refractivity contribution in [3.8, 4) is 0 Å². The lowest BCUT2D eigenvalue weighted by molar-refractivity contribution is 0.601. The minimum Gasteiger partial charge on any atom is -0.395 e. The zero-order chi connectivity index (χ0) is 31.4. The van der Waals surface area contributed by atoms with Gasteiger partial charge in [-0.3, -0.25) is 19.9 Å². The summed E-state index contributed by atoms with van der Waals surface area (Å²) in [5, 5.41) is 6.72. The van der Waals surface area contributed by atoms with Crippen LogP contribution in [0.3, 0.4) is 0 Å². The van der Waals surface area contributed by atoms with E-state index >= 15 is 0 Å². The highest BCUT2D eigenvalue weighted by atomic mass is 35.5. The van der Waals surface area contributed by atoms with E-state index in [1.165, 1.54) is 18.6 Å². The van der Waals surface area contributed by atoms with Gasteiger partial charge in [0.1, 0.15) is 15.6 Å². The van der Waals surface area contributed by atoms with Crippen molar-refractivity contribution in [1.82, 2.24) is 39.9 Å². The molecular formula is C26H19Cl4N11O2S. The van der Waals surface area contributed by atoms with Crippen LogP contribution in [0.15, 0.2) is 61.4 Å². The fraction of sp³-hybridized carbons (Fsp3) is 0.0769. The summed E-state index contributed by atoms with van der Waals surface area (Å²) in [6.07, 6.45) is 10.2. The molecule has 0 aliphatic rings. The maximum atomic E-state index is 11.8. The van der Waals surface area contributed by atoms with Crippen LogP contribution in [0.25, 0.3) is 22.1 Å². The normalized spacial score (nSPS) is 11.2. The molecule has 44 heavy (non-hydrogen) atoms. The monoisotopic (exact) mass is 689 g/mol. The van der Waals surface area contributed by atoms with E-state index in [1.807, 2.05) is 0 Å². The molecule has 13 nitrogen and oxygen atoms in total. The summed E-state index contributed by atoms with van der Waals surface area (Å²) in [6, 6.07) is 7.01. The van der Waals surface area contributed by atoms with Gasteiger partial charge in [-0.15, -0.1) is 0 Å². The Morgan fingerprint density at radius 2 is 1.16 bits per heavy atom. The molecule has 4 aromatic heterocycles. The van der Waals surface area contributed by atoms with Crippen molar-refractivity contribution in [3.05, 3.63) is 87.6 Å². The number of benzene rings is 2. The summed E-state index contributed by atoms with van der Waals surface area (Å²) in [5.74, 6) is 0.443. The Morgan fingerprint density at radius 3 is 1.73 bits per heavy atom. The topological polar surface area (TPSA) is 187 Å². The number of halogens is 4. The van der Waals surface area contributed by atoms with Gasteiger partial charge >= 0.3 is 0 Å². The highest BCUT2D eigenvalue weighted by Gasteiger charge is 2.17. The molecule has 0 spiro atoms. The van der Waals surface area contributed by atoms with Crippen molar-refractivity contribution >= 4 is 107 Å². The van der Waals surface area contributed by atoms with Crippen molar-refractivity contribution < 1.29 is 8.42 Å². The van der Waals surface area contributed by atoms with Crippen molar-refractivity contribution in [2.24, 2.45) is 0 Å². The Morgan fingerprint density at radius 1 is 0.682 bits per heavy atom. The number of nitrogen functional groups attached to an aromatic ring is 1. The summed E-state index contributed by atoms with van der Waals surface area (Å²) in [5.41, 5.74) is 10.5. The SMILES string of the molecule is CS(=O)(=O)Cc1c(Nc2nc(Cl)ncc2Cl)ccc2nccnc12.Nc1c(Nc2nc(Cl)ncc2Cl)ccc2nccnc12. The molecule has 224 valence electrons. The molecule has 0 amide bonds. The first-order valence-electron chi connectivity index (χ1n) is 12.3. The van der Waals surface area contributed by atoms with Crippen LogP contribution in [0.4, 0.5) is 28.7 Å². The van der Waals surface area contributed by atoms with Gasteiger partial charge in [0.25, 0.3) is 0 Å². The van der Waals surface area contributed by atoms with Gasteiger partial charge in [-0.1, -0.05) is 23.2 Å². The zero-order valence-electron chi connectivity index (χ0n) is 22.4. The first-order chi connectivity index (χ1) is 21.0. The number of nitrogens with two attached hydrogens (primary N) is 1. The summed E-state index contributed by atoms with van der Waals surface area (Å²) >= 11 is 23.6. The lowest BCUT2D eigenvalue weighted by atomic mass is 10.1. The molecule has 0 unspecified atom stereocenters. The summed E-state index contributed by atoms with van der Waals surface area (Å²) in [4.78, 5) is 32.4. The van der Waals surface area contributed by atoms with Crippen LogP contribution in [0, 0.1) is 0 Å². The summed E-state index contributed by atoms with van der Waals surface area (Å²) < 4.78 is 23.6. The molecule has 0 radical (unpaired) electrons. The van der Waals surface area contributed by atoms with Crippen molar-refractivity contribution in [2.75, 3.05) is 22.6 Å². The van der Waals surface area contributed by atoms with Gasteiger partial charge in [0, 0.05) is 42.3 Å². The quantitative estimate of drug-likeness (QED) is 0.135. The number of nitrogens with one attached hydrogen (secondary N) is 2. The zero-order valence-corrected chi connectivity index (χ0v) is 26.2. The molecule has 0 aliphatic heterocycles. The lowest BCUT2D eigenvalue weighted by Gasteiger charge is -2.13.